The van der Waals surface area contributed by atoms with Crippen LogP contribution in [0.1, 0.15) is 33.1 Å². The van der Waals surface area contributed by atoms with E-state index < -0.39 is 10.0 Å². The molecule has 5 heteroatoms. The fraction of sp³-hybridized carbons (Fsp3) is 1.00. The molecule has 1 heterocycles. The second-order valence-electron chi connectivity index (χ2n) is 6.72. The minimum Gasteiger partial charge on any atom is -0.212 e. The summed E-state index contributed by atoms with van der Waals surface area (Å²) in [5.41, 5.74) is 0.258. The van der Waals surface area contributed by atoms with E-state index in [0.29, 0.717) is 18.3 Å². The van der Waals surface area contributed by atoms with Crippen LogP contribution >= 0.6 is 11.8 Å². The molecule has 1 aliphatic heterocycles. The van der Waals surface area contributed by atoms with E-state index in [-0.39, 0.29) is 10.8 Å². The van der Waals surface area contributed by atoms with Crippen molar-refractivity contribution in [2.45, 2.75) is 39.2 Å². The zero-order valence-corrected chi connectivity index (χ0v) is 13.1. The van der Waals surface area contributed by atoms with Crippen molar-refractivity contribution < 1.29 is 8.42 Å². The lowest BCUT2D eigenvalue weighted by Crippen LogP contribution is -2.42. The van der Waals surface area contributed by atoms with Gasteiger partial charge in [-0.3, -0.25) is 0 Å². The van der Waals surface area contributed by atoms with Gasteiger partial charge in [0, 0.05) is 23.8 Å². The summed E-state index contributed by atoms with van der Waals surface area (Å²) in [6, 6.07) is 0.295. The Labute approximate surface area is 115 Å². The third-order valence-corrected chi connectivity index (χ3v) is 8.67. The molecule has 2 bridgehead atoms. The maximum Gasteiger partial charge on any atom is 0.215 e. The van der Waals surface area contributed by atoms with E-state index in [1.54, 1.807) is 11.8 Å². The Kier molecular flexibility index (Phi) is 2.86. The number of hydrogen-bond donors (Lipinski definition) is 0. The second kappa shape index (κ2) is 3.89. The Morgan fingerprint density at radius 2 is 2.11 bits per heavy atom. The van der Waals surface area contributed by atoms with E-state index in [2.05, 4.69) is 13.8 Å². The molecule has 0 amide bonds. The first-order valence-electron chi connectivity index (χ1n) is 6.84. The molecule has 18 heavy (non-hydrogen) atoms. The van der Waals surface area contributed by atoms with Gasteiger partial charge in [0.15, 0.2) is 0 Å². The largest absolute Gasteiger partial charge is 0.215 e. The van der Waals surface area contributed by atoms with Crippen molar-refractivity contribution in [2.75, 3.05) is 24.3 Å². The summed E-state index contributed by atoms with van der Waals surface area (Å²) in [7, 11) is -3.01. The van der Waals surface area contributed by atoms with E-state index in [1.165, 1.54) is 6.42 Å². The summed E-state index contributed by atoms with van der Waals surface area (Å²) < 4.78 is 26.8. The molecule has 3 fully saturated rings. The zero-order chi connectivity index (χ0) is 13.2. The number of fused-ring (bicyclic) bond motifs is 1. The van der Waals surface area contributed by atoms with E-state index in [4.69, 9.17) is 0 Å². The molecule has 3 nitrogen and oxygen atoms in total. The molecule has 0 aromatic heterocycles. The lowest BCUT2D eigenvalue weighted by atomic mass is 9.69. The number of hydrogen-bond acceptors (Lipinski definition) is 3. The van der Waals surface area contributed by atoms with Crippen molar-refractivity contribution in [3.63, 3.8) is 0 Å². The van der Waals surface area contributed by atoms with Gasteiger partial charge in [-0.15, -0.1) is 0 Å². The third kappa shape index (κ3) is 1.44. The number of nitrogens with zero attached hydrogens (tertiary/aromatic N) is 1. The van der Waals surface area contributed by atoms with Gasteiger partial charge in [-0.05, 0) is 36.9 Å². The van der Waals surface area contributed by atoms with E-state index in [1.807, 2.05) is 10.6 Å². The van der Waals surface area contributed by atoms with Crippen LogP contribution in [0.25, 0.3) is 0 Å². The maximum absolute atomic E-state index is 12.5. The first-order valence-corrected chi connectivity index (χ1v) is 9.84. The quantitative estimate of drug-likeness (QED) is 0.799. The predicted molar refractivity (Wildman–Crippen MR) is 76.2 cm³/mol. The lowest BCUT2D eigenvalue weighted by molar-refractivity contribution is 0.116. The molecular weight excluding hydrogens is 266 g/mol. The Bertz CT molecular complexity index is 460. The smallest absolute Gasteiger partial charge is 0.212 e. The minimum atomic E-state index is -3.01. The molecule has 1 saturated heterocycles. The summed E-state index contributed by atoms with van der Waals surface area (Å²) in [5.74, 6) is 2.05. The Morgan fingerprint density at radius 1 is 1.39 bits per heavy atom. The molecule has 104 valence electrons. The fourth-order valence-corrected chi connectivity index (χ4v) is 7.92. The Morgan fingerprint density at radius 3 is 2.72 bits per heavy atom. The number of sulfonamides is 1. The van der Waals surface area contributed by atoms with Crippen LogP contribution in [0.4, 0.5) is 0 Å². The molecule has 2 aliphatic carbocycles. The van der Waals surface area contributed by atoms with Crippen LogP contribution in [-0.4, -0.2) is 43.1 Å². The third-order valence-electron chi connectivity index (χ3n) is 6.05. The van der Waals surface area contributed by atoms with Crippen molar-refractivity contribution in [1.82, 2.24) is 4.31 Å². The first kappa shape index (κ1) is 13.3. The molecule has 3 atom stereocenters. The minimum absolute atomic E-state index is 0.0505. The van der Waals surface area contributed by atoms with E-state index in [9.17, 15) is 8.42 Å². The molecule has 0 unspecified atom stereocenters. The Hall–Kier alpha value is 0.260. The van der Waals surface area contributed by atoms with E-state index >= 15 is 0 Å². The van der Waals surface area contributed by atoms with Crippen molar-refractivity contribution in [3.8, 4) is 0 Å². The summed E-state index contributed by atoms with van der Waals surface area (Å²) in [6.07, 6.45) is 5.49. The average molecular weight is 289 g/mol. The fourth-order valence-electron chi connectivity index (χ4n) is 4.85. The van der Waals surface area contributed by atoms with Gasteiger partial charge < -0.3 is 0 Å². The first-order chi connectivity index (χ1) is 8.35. The van der Waals surface area contributed by atoms with Crippen molar-refractivity contribution in [3.05, 3.63) is 0 Å². The number of rotatable bonds is 3. The molecular formula is C13H23NO2S2. The SMILES string of the molecule is CSCCN1[C@@H]2C[C@H]3CC[C@@]2(CS1(=O)=O)C3(C)C. The van der Waals surface area contributed by atoms with Gasteiger partial charge in [-0.2, -0.15) is 16.1 Å². The van der Waals surface area contributed by atoms with Crippen LogP contribution in [0.5, 0.6) is 0 Å². The average Bonchev–Trinajstić information content (AvgIpc) is 2.73. The summed E-state index contributed by atoms with van der Waals surface area (Å²) in [6.45, 7) is 5.31. The zero-order valence-electron chi connectivity index (χ0n) is 11.5. The lowest BCUT2D eigenvalue weighted by Gasteiger charge is -2.37. The highest BCUT2D eigenvalue weighted by Crippen LogP contribution is 2.69. The van der Waals surface area contributed by atoms with Crippen LogP contribution in [0.2, 0.25) is 0 Å². The molecule has 1 spiro atoms. The van der Waals surface area contributed by atoms with Crippen molar-refractivity contribution >= 4 is 21.8 Å². The number of thioether (sulfide) groups is 1. The molecule has 0 N–H and O–H groups in total. The molecule has 2 saturated carbocycles. The van der Waals surface area contributed by atoms with Gasteiger partial charge in [0.25, 0.3) is 0 Å². The molecule has 3 rings (SSSR count). The highest BCUT2D eigenvalue weighted by atomic mass is 32.2. The van der Waals surface area contributed by atoms with Crippen LogP contribution in [0.15, 0.2) is 0 Å². The topological polar surface area (TPSA) is 37.4 Å². The summed E-state index contributed by atoms with van der Waals surface area (Å²) >= 11 is 1.73. The van der Waals surface area contributed by atoms with Gasteiger partial charge in [0.2, 0.25) is 10.0 Å². The van der Waals surface area contributed by atoms with E-state index in [0.717, 1.165) is 24.5 Å². The van der Waals surface area contributed by atoms with Crippen LogP contribution in [0.3, 0.4) is 0 Å². The summed E-state index contributed by atoms with van der Waals surface area (Å²) in [4.78, 5) is 0. The monoisotopic (exact) mass is 289 g/mol. The van der Waals surface area contributed by atoms with Crippen molar-refractivity contribution in [2.24, 2.45) is 16.7 Å². The standard InChI is InChI=1S/C13H23NO2S2/c1-12(2)10-4-5-13(12)9-18(15,16)14(6-7-17-3)11(13)8-10/h10-11H,4-9H2,1-3H3/t10-,11-,13+/m1/s1. The normalized spacial score (nSPS) is 44.4. The highest BCUT2D eigenvalue weighted by molar-refractivity contribution is 7.98. The van der Waals surface area contributed by atoms with Crippen LogP contribution < -0.4 is 0 Å². The molecule has 0 aromatic rings. The van der Waals surface area contributed by atoms with Gasteiger partial charge >= 0.3 is 0 Å². The Balaban J connectivity index is 1.97. The van der Waals surface area contributed by atoms with Crippen LogP contribution in [-0.2, 0) is 10.0 Å². The van der Waals surface area contributed by atoms with Gasteiger partial charge in [0.05, 0.1) is 5.75 Å². The summed E-state index contributed by atoms with van der Waals surface area (Å²) in [5, 5.41) is 0. The van der Waals surface area contributed by atoms with Gasteiger partial charge in [-0.1, -0.05) is 13.8 Å². The van der Waals surface area contributed by atoms with Crippen LogP contribution in [0, 0.1) is 16.7 Å². The second-order valence-corrected chi connectivity index (χ2v) is 9.63. The molecule has 0 aromatic carbocycles. The molecule has 0 radical (unpaired) electrons. The van der Waals surface area contributed by atoms with Crippen molar-refractivity contribution in [1.29, 1.82) is 0 Å². The maximum atomic E-state index is 12.5. The van der Waals surface area contributed by atoms with Gasteiger partial charge in [-0.25, -0.2) is 8.42 Å². The predicted octanol–water partition coefficient (Wildman–Crippen LogP) is 2.19. The highest BCUT2D eigenvalue weighted by Gasteiger charge is 2.71. The van der Waals surface area contributed by atoms with Gasteiger partial charge in [0.1, 0.15) is 0 Å². The molecule has 3 aliphatic rings.